The fraction of sp³-hybridized carbons (Fsp3) is 0.250. The first-order valence-electron chi connectivity index (χ1n) is 6.63. The van der Waals surface area contributed by atoms with Crippen molar-refractivity contribution < 1.29 is 9.90 Å². The number of aliphatic hydroxyl groups excluding tert-OH is 1. The minimum Gasteiger partial charge on any atom is -0.393 e. The molecule has 0 aliphatic heterocycles. The standard InChI is InChI=1S/C16H18N2O2/c1-12(19)7-8-18-16(20)15-9-14(10-17-11-15)13-5-3-2-4-6-13/h2-6,9-12,19H,7-8H2,1H3,(H,18,20). The Labute approximate surface area is 118 Å². The van der Waals surface area contributed by atoms with Gasteiger partial charge < -0.3 is 10.4 Å². The lowest BCUT2D eigenvalue weighted by Gasteiger charge is -2.08. The Kier molecular flexibility index (Phi) is 4.85. The maximum Gasteiger partial charge on any atom is 0.252 e. The summed E-state index contributed by atoms with van der Waals surface area (Å²) in [4.78, 5) is 16.1. The van der Waals surface area contributed by atoms with Gasteiger partial charge in [0, 0.05) is 24.5 Å². The molecule has 4 nitrogen and oxygen atoms in total. The van der Waals surface area contributed by atoms with Crippen molar-refractivity contribution in [3.63, 3.8) is 0 Å². The Morgan fingerprint density at radius 1 is 1.25 bits per heavy atom. The Bertz CT molecular complexity index is 568. The summed E-state index contributed by atoms with van der Waals surface area (Å²) in [6.45, 7) is 2.15. The fourth-order valence-electron chi connectivity index (χ4n) is 1.85. The summed E-state index contributed by atoms with van der Waals surface area (Å²) in [7, 11) is 0. The van der Waals surface area contributed by atoms with Crippen molar-refractivity contribution in [1.82, 2.24) is 10.3 Å². The van der Waals surface area contributed by atoms with E-state index in [1.807, 2.05) is 36.4 Å². The van der Waals surface area contributed by atoms with Crippen LogP contribution in [0, 0.1) is 0 Å². The third-order valence-electron chi connectivity index (χ3n) is 2.96. The smallest absolute Gasteiger partial charge is 0.252 e. The summed E-state index contributed by atoms with van der Waals surface area (Å²) in [5.41, 5.74) is 2.46. The van der Waals surface area contributed by atoms with Crippen LogP contribution < -0.4 is 5.32 Å². The van der Waals surface area contributed by atoms with E-state index in [4.69, 9.17) is 5.11 Å². The zero-order valence-electron chi connectivity index (χ0n) is 11.4. The van der Waals surface area contributed by atoms with Crippen LogP contribution in [0.4, 0.5) is 0 Å². The number of pyridine rings is 1. The zero-order chi connectivity index (χ0) is 14.4. The average Bonchev–Trinajstić information content (AvgIpc) is 2.48. The van der Waals surface area contributed by atoms with Crippen molar-refractivity contribution in [2.45, 2.75) is 19.4 Å². The van der Waals surface area contributed by atoms with Gasteiger partial charge in [0.05, 0.1) is 11.7 Å². The number of carbonyl (C=O) groups excluding carboxylic acids is 1. The van der Waals surface area contributed by atoms with Gasteiger partial charge >= 0.3 is 0 Å². The largest absolute Gasteiger partial charge is 0.393 e. The predicted octanol–water partition coefficient (Wildman–Crippen LogP) is 2.25. The second-order valence-electron chi connectivity index (χ2n) is 4.72. The van der Waals surface area contributed by atoms with Gasteiger partial charge in [0.2, 0.25) is 0 Å². The highest BCUT2D eigenvalue weighted by atomic mass is 16.3. The molecule has 0 spiro atoms. The summed E-state index contributed by atoms with van der Waals surface area (Å²) in [6.07, 6.45) is 3.41. The molecule has 2 N–H and O–H groups in total. The molecule has 1 aromatic heterocycles. The number of rotatable bonds is 5. The highest BCUT2D eigenvalue weighted by molar-refractivity contribution is 5.95. The van der Waals surface area contributed by atoms with Gasteiger partial charge in [-0.15, -0.1) is 0 Å². The van der Waals surface area contributed by atoms with E-state index in [-0.39, 0.29) is 5.91 Å². The molecule has 1 heterocycles. The number of nitrogens with one attached hydrogen (secondary N) is 1. The van der Waals surface area contributed by atoms with Crippen molar-refractivity contribution in [3.8, 4) is 11.1 Å². The summed E-state index contributed by atoms with van der Waals surface area (Å²) < 4.78 is 0. The maximum atomic E-state index is 12.0. The van der Waals surface area contributed by atoms with Gasteiger partial charge in [0.15, 0.2) is 0 Å². The molecule has 0 saturated carbocycles. The third-order valence-corrected chi connectivity index (χ3v) is 2.96. The molecule has 1 aromatic carbocycles. The molecule has 2 rings (SSSR count). The minimum atomic E-state index is -0.413. The molecule has 1 unspecified atom stereocenters. The quantitative estimate of drug-likeness (QED) is 0.876. The third kappa shape index (κ3) is 3.90. The highest BCUT2D eigenvalue weighted by Gasteiger charge is 2.07. The summed E-state index contributed by atoms with van der Waals surface area (Å²) in [5.74, 6) is -0.170. The van der Waals surface area contributed by atoms with Gasteiger partial charge in [-0.2, -0.15) is 0 Å². The minimum absolute atomic E-state index is 0.170. The number of nitrogens with zero attached hydrogens (tertiary/aromatic N) is 1. The molecule has 1 amide bonds. The monoisotopic (exact) mass is 270 g/mol. The molecule has 0 radical (unpaired) electrons. The van der Waals surface area contributed by atoms with Crippen LogP contribution in [0.5, 0.6) is 0 Å². The lowest BCUT2D eigenvalue weighted by atomic mass is 10.1. The predicted molar refractivity (Wildman–Crippen MR) is 78.3 cm³/mol. The Morgan fingerprint density at radius 3 is 2.70 bits per heavy atom. The molecular formula is C16H18N2O2. The molecule has 4 heteroatoms. The van der Waals surface area contributed by atoms with E-state index in [0.29, 0.717) is 18.5 Å². The van der Waals surface area contributed by atoms with Gasteiger partial charge in [0.25, 0.3) is 5.91 Å². The Morgan fingerprint density at radius 2 is 2.00 bits per heavy atom. The average molecular weight is 270 g/mol. The van der Waals surface area contributed by atoms with E-state index in [0.717, 1.165) is 11.1 Å². The second-order valence-corrected chi connectivity index (χ2v) is 4.72. The summed E-state index contributed by atoms with van der Waals surface area (Å²) in [5, 5.41) is 11.9. The van der Waals surface area contributed by atoms with Crippen molar-refractivity contribution in [1.29, 1.82) is 0 Å². The van der Waals surface area contributed by atoms with E-state index in [9.17, 15) is 4.79 Å². The number of carbonyl (C=O) groups is 1. The molecule has 0 aliphatic carbocycles. The van der Waals surface area contributed by atoms with Crippen LogP contribution in [-0.4, -0.2) is 28.6 Å². The Balaban J connectivity index is 2.08. The highest BCUT2D eigenvalue weighted by Crippen LogP contribution is 2.18. The van der Waals surface area contributed by atoms with Gasteiger partial charge in [0.1, 0.15) is 0 Å². The number of aliphatic hydroxyl groups is 1. The number of amides is 1. The van der Waals surface area contributed by atoms with Crippen molar-refractivity contribution >= 4 is 5.91 Å². The maximum absolute atomic E-state index is 12.0. The molecule has 20 heavy (non-hydrogen) atoms. The van der Waals surface area contributed by atoms with Crippen LogP contribution in [-0.2, 0) is 0 Å². The fourth-order valence-corrected chi connectivity index (χ4v) is 1.85. The van der Waals surface area contributed by atoms with Crippen LogP contribution in [0.3, 0.4) is 0 Å². The van der Waals surface area contributed by atoms with Gasteiger partial charge in [-0.05, 0) is 25.0 Å². The van der Waals surface area contributed by atoms with Crippen LogP contribution in [0.25, 0.3) is 11.1 Å². The molecular weight excluding hydrogens is 252 g/mol. The zero-order valence-corrected chi connectivity index (χ0v) is 11.4. The van der Waals surface area contributed by atoms with Crippen LogP contribution in [0.2, 0.25) is 0 Å². The molecule has 2 aromatic rings. The number of aromatic nitrogens is 1. The normalized spacial score (nSPS) is 11.9. The van der Waals surface area contributed by atoms with Crippen molar-refractivity contribution in [3.05, 3.63) is 54.4 Å². The first kappa shape index (κ1) is 14.2. The first-order chi connectivity index (χ1) is 9.66. The van der Waals surface area contributed by atoms with E-state index < -0.39 is 6.10 Å². The molecule has 1 atom stereocenters. The topological polar surface area (TPSA) is 62.2 Å². The van der Waals surface area contributed by atoms with Gasteiger partial charge in [-0.25, -0.2) is 0 Å². The SMILES string of the molecule is CC(O)CCNC(=O)c1cncc(-c2ccccc2)c1. The number of hydrogen-bond acceptors (Lipinski definition) is 3. The van der Waals surface area contributed by atoms with Crippen LogP contribution in [0.15, 0.2) is 48.8 Å². The summed E-state index contributed by atoms with van der Waals surface area (Å²) in [6, 6.07) is 11.6. The molecule has 0 aliphatic rings. The second kappa shape index (κ2) is 6.82. The van der Waals surface area contributed by atoms with E-state index >= 15 is 0 Å². The van der Waals surface area contributed by atoms with Crippen LogP contribution in [0.1, 0.15) is 23.7 Å². The van der Waals surface area contributed by atoms with E-state index in [1.165, 1.54) is 0 Å². The van der Waals surface area contributed by atoms with E-state index in [1.54, 1.807) is 19.3 Å². The molecule has 0 fully saturated rings. The lowest BCUT2D eigenvalue weighted by molar-refractivity contribution is 0.0945. The number of benzene rings is 1. The first-order valence-corrected chi connectivity index (χ1v) is 6.63. The Hall–Kier alpha value is -2.20. The van der Waals surface area contributed by atoms with Gasteiger partial charge in [-0.1, -0.05) is 30.3 Å². The van der Waals surface area contributed by atoms with Crippen LogP contribution >= 0.6 is 0 Å². The molecule has 104 valence electrons. The summed E-state index contributed by atoms with van der Waals surface area (Å²) >= 11 is 0. The van der Waals surface area contributed by atoms with Crippen molar-refractivity contribution in [2.24, 2.45) is 0 Å². The lowest BCUT2D eigenvalue weighted by Crippen LogP contribution is -2.26. The molecule has 0 saturated heterocycles. The van der Waals surface area contributed by atoms with E-state index in [2.05, 4.69) is 10.3 Å². The van der Waals surface area contributed by atoms with Crippen molar-refractivity contribution in [2.75, 3.05) is 6.54 Å². The van der Waals surface area contributed by atoms with Gasteiger partial charge in [-0.3, -0.25) is 9.78 Å². The number of hydrogen-bond donors (Lipinski definition) is 2. The molecule has 0 bridgehead atoms.